The molecule has 2 nitrogen and oxygen atoms in total. The second kappa shape index (κ2) is 7.57. The Morgan fingerprint density at radius 3 is 2.08 bits per heavy atom. The zero-order valence-corrected chi connectivity index (χ0v) is 12.0. The maximum atomic E-state index is 9.86. The van der Waals surface area contributed by atoms with E-state index in [1.165, 1.54) is 17.7 Å². The summed E-state index contributed by atoms with van der Waals surface area (Å²) in [6.45, 7) is 7.71. The van der Waals surface area contributed by atoms with Gasteiger partial charge in [0.1, 0.15) is 0 Å². The van der Waals surface area contributed by atoms with Gasteiger partial charge in [0.25, 0.3) is 0 Å². The molecule has 13 heavy (non-hydrogen) atoms. The molecule has 0 N–H and O–H groups in total. The molecule has 0 atom stereocenters. The molecular formula is C10H21NOSn. The summed E-state index contributed by atoms with van der Waals surface area (Å²) in [7, 11) is 0. The molecule has 0 aromatic rings. The SMILES string of the molecule is C[CH2][Sn]([CH2]C)([CH2]C)[CH2]CCN=C=O. The van der Waals surface area contributed by atoms with Gasteiger partial charge in [0.15, 0.2) is 0 Å². The Hall–Kier alpha value is 0.179. The molecule has 0 amide bonds. The first-order valence-electron chi connectivity index (χ1n) is 5.28. The molecule has 3 heteroatoms. The van der Waals surface area contributed by atoms with E-state index in [0.29, 0.717) is 6.54 Å². The molecular weight excluding hydrogens is 269 g/mol. The molecule has 0 aromatic heterocycles. The first kappa shape index (κ1) is 13.2. The third-order valence-electron chi connectivity index (χ3n) is 3.29. The van der Waals surface area contributed by atoms with E-state index in [1.807, 2.05) is 0 Å². The zero-order chi connectivity index (χ0) is 10.2. The molecule has 0 aliphatic rings. The molecule has 0 radical (unpaired) electrons. The third kappa shape index (κ3) is 4.82. The molecule has 0 aliphatic heterocycles. The predicted molar refractivity (Wildman–Crippen MR) is 59.6 cm³/mol. The molecule has 0 heterocycles. The second-order valence-electron chi connectivity index (χ2n) is 3.64. The van der Waals surface area contributed by atoms with Crippen molar-refractivity contribution in [2.45, 2.75) is 44.9 Å². The zero-order valence-electron chi connectivity index (χ0n) is 9.10. The molecule has 0 aliphatic carbocycles. The number of rotatable bonds is 7. The van der Waals surface area contributed by atoms with Crippen LogP contribution >= 0.6 is 0 Å². The summed E-state index contributed by atoms with van der Waals surface area (Å²) in [4.78, 5) is 13.5. The molecule has 0 unspecified atom stereocenters. The van der Waals surface area contributed by atoms with Gasteiger partial charge in [-0.15, -0.1) is 0 Å². The average Bonchev–Trinajstić information content (AvgIpc) is 2.20. The van der Waals surface area contributed by atoms with E-state index in [-0.39, 0.29) is 0 Å². The summed E-state index contributed by atoms with van der Waals surface area (Å²) in [5.41, 5.74) is 0. The summed E-state index contributed by atoms with van der Waals surface area (Å²) >= 11 is -1.70. The van der Waals surface area contributed by atoms with Crippen LogP contribution < -0.4 is 0 Å². The normalized spacial score (nSPS) is 11.0. The molecule has 0 spiro atoms. The Bertz CT molecular complexity index is 163. The summed E-state index contributed by atoms with van der Waals surface area (Å²) in [6.07, 6.45) is 2.72. The molecule has 0 saturated carbocycles. The van der Waals surface area contributed by atoms with Crippen molar-refractivity contribution in [1.82, 2.24) is 0 Å². The van der Waals surface area contributed by atoms with E-state index in [0.717, 1.165) is 6.42 Å². The number of hydrogen-bond acceptors (Lipinski definition) is 2. The van der Waals surface area contributed by atoms with E-state index in [4.69, 9.17) is 0 Å². The van der Waals surface area contributed by atoms with Crippen LogP contribution in [0, 0.1) is 0 Å². The van der Waals surface area contributed by atoms with Gasteiger partial charge in [-0.1, -0.05) is 0 Å². The van der Waals surface area contributed by atoms with Gasteiger partial charge in [0.05, 0.1) is 0 Å². The monoisotopic (exact) mass is 291 g/mol. The molecule has 76 valence electrons. The number of isocyanates is 1. The van der Waals surface area contributed by atoms with Crippen molar-refractivity contribution >= 4 is 24.5 Å². The predicted octanol–water partition coefficient (Wildman–Crippen LogP) is 3.22. The van der Waals surface area contributed by atoms with Gasteiger partial charge in [0, 0.05) is 0 Å². The Morgan fingerprint density at radius 1 is 1.15 bits per heavy atom. The van der Waals surface area contributed by atoms with E-state index in [2.05, 4.69) is 25.8 Å². The number of aliphatic imine (C=N–C) groups is 1. The Labute approximate surface area is 85.7 Å². The summed E-state index contributed by atoms with van der Waals surface area (Å²) in [6, 6.07) is 0. The van der Waals surface area contributed by atoms with Gasteiger partial charge in [-0.25, -0.2) is 0 Å². The maximum absolute atomic E-state index is 9.86. The van der Waals surface area contributed by atoms with Gasteiger partial charge < -0.3 is 0 Å². The Balaban J connectivity index is 3.87. The fourth-order valence-electron chi connectivity index (χ4n) is 1.86. The van der Waals surface area contributed by atoms with Crippen LogP contribution in [-0.2, 0) is 4.79 Å². The van der Waals surface area contributed by atoms with Crippen LogP contribution in [0.1, 0.15) is 27.2 Å². The van der Waals surface area contributed by atoms with Crippen molar-refractivity contribution in [1.29, 1.82) is 0 Å². The van der Waals surface area contributed by atoms with Crippen LogP contribution in [-0.4, -0.2) is 31.0 Å². The third-order valence-corrected chi connectivity index (χ3v) is 20.2. The van der Waals surface area contributed by atoms with E-state index in [9.17, 15) is 4.79 Å². The Kier molecular flexibility index (Phi) is 7.67. The van der Waals surface area contributed by atoms with E-state index >= 15 is 0 Å². The minimum atomic E-state index is -1.70. The van der Waals surface area contributed by atoms with Crippen molar-refractivity contribution in [2.75, 3.05) is 6.54 Å². The van der Waals surface area contributed by atoms with Crippen molar-refractivity contribution in [3.63, 3.8) is 0 Å². The minimum absolute atomic E-state index is 0.697. The van der Waals surface area contributed by atoms with Crippen LogP contribution in [0.5, 0.6) is 0 Å². The number of carbonyl (C=O) groups excluding carboxylic acids is 1. The Morgan fingerprint density at radius 2 is 1.69 bits per heavy atom. The summed E-state index contributed by atoms with van der Waals surface area (Å²) < 4.78 is 5.70. The first-order chi connectivity index (χ1) is 6.24. The fourth-order valence-corrected chi connectivity index (χ4v) is 11.8. The van der Waals surface area contributed by atoms with Crippen LogP contribution in [0.25, 0.3) is 0 Å². The molecule has 0 rings (SSSR count). The van der Waals surface area contributed by atoms with Gasteiger partial charge in [-0.05, 0) is 0 Å². The van der Waals surface area contributed by atoms with Gasteiger partial charge in [-0.2, -0.15) is 0 Å². The number of hydrogen-bond donors (Lipinski definition) is 0. The van der Waals surface area contributed by atoms with Crippen LogP contribution in [0.4, 0.5) is 0 Å². The fraction of sp³-hybridized carbons (Fsp3) is 0.900. The summed E-state index contributed by atoms with van der Waals surface area (Å²) in [5.74, 6) is 0. The van der Waals surface area contributed by atoms with Crippen molar-refractivity contribution in [2.24, 2.45) is 4.99 Å². The first-order valence-corrected chi connectivity index (χ1v) is 13.4. The van der Waals surface area contributed by atoms with Gasteiger partial charge in [-0.3, -0.25) is 0 Å². The molecule has 0 aromatic carbocycles. The summed E-state index contributed by atoms with van der Waals surface area (Å²) in [5, 5.41) is 0. The second-order valence-corrected chi connectivity index (χ2v) is 19.7. The van der Waals surface area contributed by atoms with Crippen molar-refractivity contribution in [3.05, 3.63) is 0 Å². The van der Waals surface area contributed by atoms with Crippen LogP contribution in [0.15, 0.2) is 4.99 Å². The molecule has 0 bridgehead atoms. The van der Waals surface area contributed by atoms with Crippen molar-refractivity contribution in [3.8, 4) is 0 Å². The quantitative estimate of drug-likeness (QED) is 0.306. The van der Waals surface area contributed by atoms with Crippen LogP contribution in [0.3, 0.4) is 0 Å². The van der Waals surface area contributed by atoms with E-state index < -0.39 is 18.4 Å². The standard InChI is InChI=1S/C4H6NO.3C2H5.Sn/c1-2-3-5-4-6;3*1-2;/h1-3H2;3*1H2,2H3;. The van der Waals surface area contributed by atoms with Crippen LogP contribution in [0.2, 0.25) is 17.7 Å². The topological polar surface area (TPSA) is 29.4 Å². The van der Waals surface area contributed by atoms with Gasteiger partial charge >= 0.3 is 85.7 Å². The van der Waals surface area contributed by atoms with E-state index in [1.54, 1.807) is 6.08 Å². The number of nitrogens with zero attached hydrogens (tertiary/aromatic N) is 1. The molecule has 0 fully saturated rings. The molecule has 0 saturated heterocycles. The van der Waals surface area contributed by atoms with Crippen molar-refractivity contribution < 1.29 is 4.79 Å². The average molecular weight is 290 g/mol. The van der Waals surface area contributed by atoms with Gasteiger partial charge in [0.2, 0.25) is 0 Å².